The molecule has 1 aliphatic rings. The first kappa shape index (κ1) is 17.2. The molecule has 0 aliphatic carbocycles. The Balaban J connectivity index is 2.05. The Morgan fingerprint density at radius 3 is 2.57 bits per heavy atom. The van der Waals surface area contributed by atoms with Crippen LogP contribution in [0.4, 0.5) is 10.5 Å². The lowest BCUT2D eigenvalue weighted by Crippen LogP contribution is -2.55. The summed E-state index contributed by atoms with van der Waals surface area (Å²) in [6, 6.07) is 5.33. The summed E-state index contributed by atoms with van der Waals surface area (Å²) in [5.74, 6) is 0.571. The molecular formula is C17H26N2O4. The van der Waals surface area contributed by atoms with Crippen LogP contribution < -0.4 is 9.64 Å². The van der Waals surface area contributed by atoms with E-state index in [1.54, 1.807) is 11.0 Å². The van der Waals surface area contributed by atoms with Gasteiger partial charge < -0.3 is 24.4 Å². The molecule has 1 aliphatic heterocycles. The summed E-state index contributed by atoms with van der Waals surface area (Å²) in [6.07, 6.45) is -0.270. The highest BCUT2D eigenvalue weighted by molar-refractivity contribution is 5.69. The third-order valence-electron chi connectivity index (χ3n) is 3.78. The molecule has 0 spiro atoms. The highest BCUT2D eigenvalue weighted by atomic mass is 16.6. The average Bonchev–Trinajstić information content (AvgIpc) is 2.45. The van der Waals surface area contributed by atoms with Gasteiger partial charge in [-0.05, 0) is 39.8 Å². The molecule has 6 nitrogen and oxygen atoms in total. The van der Waals surface area contributed by atoms with Gasteiger partial charge in [0.1, 0.15) is 5.60 Å². The van der Waals surface area contributed by atoms with Crippen LogP contribution in [0.2, 0.25) is 0 Å². The highest BCUT2D eigenvalue weighted by Crippen LogP contribution is 2.31. The van der Waals surface area contributed by atoms with Crippen molar-refractivity contribution in [3.63, 3.8) is 0 Å². The van der Waals surface area contributed by atoms with Crippen molar-refractivity contribution in [1.82, 2.24) is 4.90 Å². The maximum Gasteiger partial charge on any atom is 0.410 e. The van der Waals surface area contributed by atoms with Gasteiger partial charge >= 0.3 is 6.09 Å². The fraction of sp³-hybridized carbons (Fsp3) is 0.588. The third-order valence-corrected chi connectivity index (χ3v) is 3.78. The highest BCUT2D eigenvalue weighted by Gasteiger charge is 2.31. The minimum absolute atomic E-state index is 0.0402. The topological polar surface area (TPSA) is 62.2 Å². The van der Waals surface area contributed by atoms with Crippen LogP contribution in [-0.4, -0.2) is 54.5 Å². The van der Waals surface area contributed by atoms with E-state index in [1.807, 2.05) is 39.8 Å². The number of carbonyl (C=O) groups excluding carboxylic acids is 1. The van der Waals surface area contributed by atoms with Gasteiger partial charge in [-0.1, -0.05) is 0 Å². The monoisotopic (exact) mass is 322 g/mol. The zero-order valence-corrected chi connectivity index (χ0v) is 14.5. The third kappa shape index (κ3) is 4.21. The van der Waals surface area contributed by atoms with Crippen LogP contribution in [0.1, 0.15) is 27.7 Å². The minimum atomic E-state index is -0.488. The van der Waals surface area contributed by atoms with Crippen LogP contribution in [0.15, 0.2) is 18.2 Å². The summed E-state index contributed by atoms with van der Waals surface area (Å²) in [5, 5.41) is 9.70. The number of amides is 1. The number of aromatic hydroxyl groups is 1. The zero-order chi connectivity index (χ0) is 17.2. The maximum absolute atomic E-state index is 12.2. The van der Waals surface area contributed by atoms with E-state index < -0.39 is 5.60 Å². The molecular weight excluding hydrogens is 296 g/mol. The van der Waals surface area contributed by atoms with Crippen LogP contribution in [0.5, 0.6) is 11.5 Å². The predicted octanol–water partition coefficient (Wildman–Crippen LogP) is 2.85. The standard InChI is InChI=1S/C17H26N2O4/c1-12-11-18(13-6-7-14(20)15(10-13)22-5)8-9-19(12)16(21)23-17(2,3)4/h6-7,10,12,20H,8-9,11H2,1-5H3. The molecule has 1 N–H and O–H groups in total. The molecule has 1 amide bonds. The van der Waals surface area contributed by atoms with Crippen molar-refractivity contribution in [2.24, 2.45) is 0 Å². The second-order valence-corrected chi connectivity index (χ2v) is 6.82. The quantitative estimate of drug-likeness (QED) is 0.907. The second-order valence-electron chi connectivity index (χ2n) is 6.82. The van der Waals surface area contributed by atoms with Gasteiger partial charge in [0.25, 0.3) is 0 Å². The number of ether oxygens (including phenoxy) is 2. The van der Waals surface area contributed by atoms with Crippen molar-refractivity contribution in [2.75, 3.05) is 31.6 Å². The van der Waals surface area contributed by atoms with E-state index in [2.05, 4.69) is 4.90 Å². The van der Waals surface area contributed by atoms with Crippen LogP contribution in [0, 0.1) is 0 Å². The summed E-state index contributed by atoms with van der Waals surface area (Å²) in [5.41, 5.74) is 0.480. The Bertz CT molecular complexity index is 568. The number of piperazine rings is 1. The normalized spacial score (nSPS) is 18.7. The summed E-state index contributed by atoms with van der Waals surface area (Å²) >= 11 is 0. The van der Waals surface area contributed by atoms with Crippen molar-refractivity contribution in [2.45, 2.75) is 39.3 Å². The number of phenols is 1. The van der Waals surface area contributed by atoms with Crippen molar-refractivity contribution in [3.05, 3.63) is 18.2 Å². The first-order valence-electron chi connectivity index (χ1n) is 7.83. The number of hydrogen-bond donors (Lipinski definition) is 1. The van der Waals surface area contributed by atoms with Crippen molar-refractivity contribution in [1.29, 1.82) is 0 Å². The molecule has 1 atom stereocenters. The smallest absolute Gasteiger partial charge is 0.410 e. The molecule has 0 saturated carbocycles. The van der Waals surface area contributed by atoms with Gasteiger partial charge in [0.15, 0.2) is 11.5 Å². The molecule has 0 bridgehead atoms. The van der Waals surface area contributed by atoms with E-state index in [1.165, 1.54) is 7.11 Å². The van der Waals surface area contributed by atoms with Gasteiger partial charge in [-0.2, -0.15) is 0 Å². The Morgan fingerprint density at radius 2 is 2.00 bits per heavy atom. The van der Waals surface area contributed by atoms with Gasteiger partial charge in [-0.3, -0.25) is 0 Å². The van der Waals surface area contributed by atoms with Gasteiger partial charge in [-0.25, -0.2) is 4.79 Å². The molecule has 1 saturated heterocycles. The van der Waals surface area contributed by atoms with E-state index in [0.717, 1.165) is 5.69 Å². The van der Waals surface area contributed by atoms with Crippen molar-refractivity contribution < 1.29 is 19.4 Å². The number of rotatable bonds is 2. The minimum Gasteiger partial charge on any atom is -0.504 e. The van der Waals surface area contributed by atoms with Crippen LogP contribution in [0.25, 0.3) is 0 Å². The fourth-order valence-electron chi connectivity index (χ4n) is 2.65. The summed E-state index contributed by atoms with van der Waals surface area (Å²) < 4.78 is 10.6. The summed E-state index contributed by atoms with van der Waals surface area (Å²) in [7, 11) is 1.53. The number of phenolic OH excluding ortho intramolecular Hbond substituents is 1. The summed E-state index contributed by atoms with van der Waals surface area (Å²) in [6.45, 7) is 9.62. The molecule has 2 rings (SSSR count). The number of anilines is 1. The molecule has 6 heteroatoms. The first-order chi connectivity index (χ1) is 10.7. The molecule has 1 heterocycles. The van der Waals surface area contributed by atoms with E-state index in [0.29, 0.717) is 25.4 Å². The largest absolute Gasteiger partial charge is 0.504 e. The molecule has 1 aromatic rings. The Morgan fingerprint density at radius 1 is 1.30 bits per heavy atom. The van der Waals surface area contributed by atoms with Gasteiger partial charge in [0.05, 0.1) is 7.11 Å². The number of hydrogen-bond acceptors (Lipinski definition) is 5. The van der Waals surface area contributed by atoms with E-state index in [9.17, 15) is 9.90 Å². The zero-order valence-electron chi connectivity index (χ0n) is 14.5. The van der Waals surface area contributed by atoms with E-state index in [-0.39, 0.29) is 17.9 Å². The lowest BCUT2D eigenvalue weighted by Gasteiger charge is -2.41. The average molecular weight is 322 g/mol. The maximum atomic E-state index is 12.2. The SMILES string of the molecule is COc1cc(N2CCN(C(=O)OC(C)(C)C)C(C)C2)ccc1O. The molecule has 128 valence electrons. The fourth-order valence-corrected chi connectivity index (χ4v) is 2.65. The Hall–Kier alpha value is -2.11. The van der Waals surface area contributed by atoms with Crippen molar-refractivity contribution >= 4 is 11.8 Å². The molecule has 23 heavy (non-hydrogen) atoms. The van der Waals surface area contributed by atoms with E-state index in [4.69, 9.17) is 9.47 Å². The van der Waals surface area contributed by atoms with Crippen molar-refractivity contribution in [3.8, 4) is 11.5 Å². The lowest BCUT2D eigenvalue weighted by atomic mass is 10.1. The van der Waals surface area contributed by atoms with Crippen LogP contribution in [-0.2, 0) is 4.74 Å². The lowest BCUT2D eigenvalue weighted by molar-refractivity contribution is 0.0159. The molecule has 1 aromatic carbocycles. The summed E-state index contributed by atoms with van der Waals surface area (Å²) in [4.78, 5) is 16.2. The molecule has 1 unspecified atom stereocenters. The first-order valence-corrected chi connectivity index (χ1v) is 7.83. The second kappa shape index (κ2) is 6.56. The molecule has 0 radical (unpaired) electrons. The number of nitrogens with zero attached hydrogens (tertiary/aromatic N) is 2. The predicted molar refractivity (Wildman–Crippen MR) is 89.3 cm³/mol. The number of benzene rings is 1. The van der Waals surface area contributed by atoms with Crippen LogP contribution in [0.3, 0.4) is 0 Å². The number of carbonyl (C=O) groups is 1. The van der Waals surface area contributed by atoms with E-state index >= 15 is 0 Å². The molecule has 1 fully saturated rings. The van der Waals surface area contributed by atoms with Gasteiger partial charge in [-0.15, -0.1) is 0 Å². The van der Waals surface area contributed by atoms with Gasteiger partial charge in [0.2, 0.25) is 0 Å². The van der Waals surface area contributed by atoms with Gasteiger partial charge in [0, 0.05) is 37.4 Å². The van der Waals surface area contributed by atoms with Crippen LogP contribution >= 0.6 is 0 Å². The Labute approximate surface area is 137 Å². The number of methoxy groups -OCH3 is 1. The Kier molecular flexibility index (Phi) is 4.92. The molecule has 0 aromatic heterocycles.